The lowest BCUT2D eigenvalue weighted by molar-refractivity contribution is -0.153. The van der Waals surface area contributed by atoms with Crippen molar-refractivity contribution < 1.29 is 14.7 Å². The molecule has 0 unspecified atom stereocenters. The zero-order valence-electron chi connectivity index (χ0n) is 12.9. The van der Waals surface area contributed by atoms with Crippen LogP contribution in [0.2, 0.25) is 0 Å². The quantitative estimate of drug-likeness (QED) is 0.927. The van der Waals surface area contributed by atoms with E-state index in [4.69, 9.17) is 0 Å². The van der Waals surface area contributed by atoms with Crippen LogP contribution in [0, 0.1) is 6.92 Å². The molecule has 3 rings (SSSR count). The first kappa shape index (κ1) is 15.7. The molecule has 0 atom stereocenters. The van der Waals surface area contributed by atoms with Gasteiger partial charge in [-0.1, -0.05) is 0 Å². The molecule has 0 spiro atoms. The monoisotopic (exact) mass is 333 g/mol. The van der Waals surface area contributed by atoms with Crippen LogP contribution in [0.4, 0.5) is 0 Å². The number of carbonyl (C=O) groups excluding carboxylic acids is 1. The van der Waals surface area contributed by atoms with E-state index in [1.165, 1.54) is 0 Å². The van der Waals surface area contributed by atoms with Gasteiger partial charge in [0.15, 0.2) is 5.54 Å². The van der Waals surface area contributed by atoms with E-state index in [9.17, 15) is 14.7 Å². The Labute approximate surface area is 138 Å². The van der Waals surface area contributed by atoms with Crippen molar-refractivity contribution >= 4 is 23.2 Å². The molecule has 0 bridgehead atoms. The minimum atomic E-state index is -1.05. The van der Waals surface area contributed by atoms with Crippen molar-refractivity contribution in [3.63, 3.8) is 0 Å². The number of piperidine rings is 1. The minimum absolute atomic E-state index is 0.0547. The highest BCUT2D eigenvalue weighted by Gasteiger charge is 2.44. The highest BCUT2D eigenvalue weighted by Crippen LogP contribution is 2.30. The maximum Gasteiger partial charge on any atom is 0.331 e. The Morgan fingerprint density at radius 1 is 1.39 bits per heavy atom. The lowest BCUT2D eigenvalue weighted by Gasteiger charge is -2.39. The highest BCUT2D eigenvalue weighted by atomic mass is 32.1. The van der Waals surface area contributed by atoms with Gasteiger partial charge in [0.1, 0.15) is 0 Å². The smallest absolute Gasteiger partial charge is 0.331 e. The van der Waals surface area contributed by atoms with E-state index in [1.807, 2.05) is 23.8 Å². The maximum absolute atomic E-state index is 12.3. The summed E-state index contributed by atoms with van der Waals surface area (Å²) in [7, 11) is 0. The van der Waals surface area contributed by atoms with Crippen LogP contribution in [0.5, 0.6) is 0 Å². The van der Waals surface area contributed by atoms with Crippen LogP contribution >= 0.6 is 11.3 Å². The van der Waals surface area contributed by atoms with Crippen LogP contribution < -0.4 is 0 Å². The van der Waals surface area contributed by atoms with Gasteiger partial charge in [0.25, 0.3) is 0 Å². The van der Waals surface area contributed by atoms with E-state index in [1.54, 1.807) is 33.3 Å². The van der Waals surface area contributed by atoms with E-state index in [2.05, 4.69) is 5.10 Å². The number of hydrogen-bond acceptors (Lipinski definition) is 4. The molecule has 1 saturated heterocycles. The number of amides is 1. The molecule has 0 radical (unpaired) electrons. The lowest BCUT2D eigenvalue weighted by Crippen LogP contribution is -2.52. The fraction of sp³-hybridized carbons (Fsp3) is 0.438. The van der Waals surface area contributed by atoms with Crippen LogP contribution in [0.1, 0.15) is 24.0 Å². The summed E-state index contributed by atoms with van der Waals surface area (Å²) in [6, 6.07) is 1.95. The molecule has 2 aromatic rings. The minimum Gasteiger partial charge on any atom is -0.479 e. The van der Waals surface area contributed by atoms with Crippen molar-refractivity contribution in [2.24, 2.45) is 0 Å². The van der Waals surface area contributed by atoms with Crippen LogP contribution in [0.25, 0.3) is 0 Å². The number of carbonyl (C=O) groups is 2. The van der Waals surface area contributed by atoms with E-state index >= 15 is 0 Å². The number of nitrogens with zero attached hydrogens (tertiary/aromatic N) is 3. The number of rotatable bonds is 4. The summed E-state index contributed by atoms with van der Waals surface area (Å²) < 4.78 is 1.55. The van der Waals surface area contributed by atoms with Crippen LogP contribution in [0.3, 0.4) is 0 Å². The van der Waals surface area contributed by atoms with Gasteiger partial charge in [-0.05, 0) is 34.9 Å². The summed E-state index contributed by atoms with van der Waals surface area (Å²) in [4.78, 5) is 26.0. The van der Waals surface area contributed by atoms with Crippen molar-refractivity contribution in [3.8, 4) is 0 Å². The van der Waals surface area contributed by atoms with E-state index < -0.39 is 11.5 Å². The Bertz CT molecular complexity index is 700. The maximum atomic E-state index is 12.3. The van der Waals surface area contributed by atoms with Gasteiger partial charge in [-0.25, -0.2) is 4.79 Å². The molecule has 1 amide bonds. The average molecular weight is 333 g/mol. The second-order valence-corrected chi connectivity index (χ2v) is 6.77. The predicted molar refractivity (Wildman–Crippen MR) is 86.4 cm³/mol. The predicted octanol–water partition coefficient (Wildman–Crippen LogP) is 1.90. The molecule has 1 fully saturated rings. The van der Waals surface area contributed by atoms with Gasteiger partial charge in [-0.2, -0.15) is 16.4 Å². The van der Waals surface area contributed by atoms with Crippen LogP contribution in [0.15, 0.2) is 29.2 Å². The Kier molecular flexibility index (Phi) is 4.21. The zero-order valence-corrected chi connectivity index (χ0v) is 13.8. The molecule has 2 aromatic heterocycles. The van der Waals surface area contributed by atoms with Gasteiger partial charge in [0.2, 0.25) is 5.91 Å². The topological polar surface area (TPSA) is 75.4 Å². The number of thiophene rings is 1. The fourth-order valence-corrected chi connectivity index (χ4v) is 3.66. The Hall–Kier alpha value is -2.15. The first-order valence-electron chi connectivity index (χ1n) is 7.55. The number of carboxylic acids is 1. The SMILES string of the molecule is Cc1cnn(C2(C(=O)O)CCN(C(=O)Cc3ccsc3)CC2)c1. The summed E-state index contributed by atoms with van der Waals surface area (Å²) in [6.45, 7) is 2.76. The Morgan fingerprint density at radius 3 is 2.65 bits per heavy atom. The molecule has 1 aliphatic heterocycles. The van der Waals surface area contributed by atoms with Crippen LogP contribution in [-0.2, 0) is 21.5 Å². The van der Waals surface area contributed by atoms with Gasteiger partial charge in [-0.3, -0.25) is 9.48 Å². The van der Waals surface area contributed by atoms with Gasteiger partial charge in [0, 0.05) is 32.1 Å². The summed E-state index contributed by atoms with van der Waals surface area (Å²) in [5.41, 5.74) is 0.896. The van der Waals surface area contributed by atoms with Gasteiger partial charge >= 0.3 is 5.97 Å². The molecule has 3 heterocycles. The number of hydrogen-bond donors (Lipinski definition) is 1. The van der Waals surface area contributed by atoms with Crippen molar-refractivity contribution in [3.05, 3.63) is 40.3 Å². The summed E-state index contributed by atoms with van der Waals surface area (Å²) in [6.07, 6.45) is 4.55. The van der Waals surface area contributed by atoms with E-state index in [0.717, 1.165) is 11.1 Å². The second kappa shape index (κ2) is 6.16. The third-order valence-corrected chi connectivity index (χ3v) is 5.16. The number of aromatic nitrogens is 2. The van der Waals surface area contributed by atoms with Crippen molar-refractivity contribution in [1.82, 2.24) is 14.7 Å². The lowest BCUT2D eigenvalue weighted by atomic mass is 9.87. The van der Waals surface area contributed by atoms with Crippen molar-refractivity contribution in [2.45, 2.75) is 31.7 Å². The Morgan fingerprint density at radius 2 is 2.13 bits per heavy atom. The third-order valence-electron chi connectivity index (χ3n) is 4.43. The molecule has 7 heteroatoms. The fourth-order valence-electron chi connectivity index (χ4n) is 2.99. The first-order valence-corrected chi connectivity index (χ1v) is 8.49. The third kappa shape index (κ3) is 3.01. The molecule has 23 heavy (non-hydrogen) atoms. The number of aliphatic carboxylic acids is 1. The molecule has 0 saturated carbocycles. The molecule has 1 N–H and O–H groups in total. The second-order valence-electron chi connectivity index (χ2n) is 5.99. The molecular weight excluding hydrogens is 314 g/mol. The van der Waals surface area contributed by atoms with E-state index in [0.29, 0.717) is 32.4 Å². The highest BCUT2D eigenvalue weighted by molar-refractivity contribution is 7.08. The van der Waals surface area contributed by atoms with Gasteiger partial charge < -0.3 is 10.0 Å². The molecular formula is C16H19N3O3S. The standard InChI is InChI=1S/C16H19N3O3S/c1-12-9-17-19(10-12)16(15(21)22)3-5-18(6-4-16)14(20)8-13-2-7-23-11-13/h2,7,9-11H,3-6,8H2,1H3,(H,21,22). The summed E-state index contributed by atoms with van der Waals surface area (Å²) in [5, 5.41) is 17.8. The van der Waals surface area contributed by atoms with Gasteiger partial charge in [0.05, 0.1) is 12.6 Å². The van der Waals surface area contributed by atoms with Gasteiger partial charge in [-0.15, -0.1) is 0 Å². The largest absolute Gasteiger partial charge is 0.479 e. The van der Waals surface area contributed by atoms with Crippen LogP contribution in [-0.4, -0.2) is 44.8 Å². The Balaban J connectivity index is 1.70. The number of carboxylic acid groups (broad SMARTS) is 1. The van der Waals surface area contributed by atoms with Crippen molar-refractivity contribution in [2.75, 3.05) is 13.1 Å². The number of likely N-dealkylation sites (tertiary alicyclic amines) is 1. The average Bonchev–Trinajstić information content (AvgIpc) is 3.19. The summed E-state index contributed by atoms with van der Waals surface area (Å²) >= 11 is 1.57. The first-order chi connectivity index (χ1) is 11.0. The molecule has 0 aliphatic carbocycles. The molecule has 6 nitrogen and oxygen atoms in total. The molecule has 1 aliphatic rings. The normalized spacial score (nSPS) is 17.2. The van der Waals surface area contributed by atoms with Crippen molar-refractivity contribution in [1.29, 1.82) is 0 Å². The number of aryl methyl sites for hydroxylation is 1. The summed E-state index contributed by atoms with van der Waals surface area (Å²) in [5.74, 6) is -0.829. The molecule has 122 valence electrons. The molecule has 0 aromatic carbocycles. The van der Waals surface area contributed by atoms with E-state index in [-0.39, 0.29) is 5.91 Å². The zero-order chi connectivity index (χ0) is 16.4.